The maximum Gasteiger partial charge on any atom is 0.322 e. The van der Waals surface area contributed by atoms with E-state index in [1.54, 1.807) is 0 Å². The Morgan fingerprint density at radius 2 is 2.00 bits per heavy atom. The van der Waals surface area contributed by atoms with Gasteiger partial charge < -0.3 is 10.6 Å². The molecule has 7 heteroatoms. The van der Waals surface area contributed by atoms with E-state index in [0.29, 0.717) is 13.0 Å². The van der Waals surface area contributed by atoms with Crippen molar-refractivity contribution in [3.63, 3.8) is 0 Å². The second-order valence-corrected chi connectivity index (χ2v) is 5.31. The van der Waals surface area contributed by atoms with Crippen molar-refractivity contribution in [1.82, 2.24) is 20.9 Å². The Bertz CT molecular complexity index is 775. The molecule has 2 heterocycles. The predicted molar refractivity (Wildman–Crippen MR) is 83.5 cm³/mol. The van der Waals surface area contributed by atoms with E-state index in [2.05, 4.69) is 20.9 Å². The summed E-state index contributed by atoms with van der Waals surface area (Å²) in [6, 6.07) is 10.4. The van der Waals surface area contributed by atoms with Crippen LogP contribution in [0.5, 0.6) is 0 Å². The first-order valence-electron chi connectivity index (χ1n) is 7.34. The molecule has 1 saturated heterocycles. The molecule has 0 saturated carbocycles. The number of aromatic nitrogens is 1. The lowest BCUT2D eigenvalue weighted by molar-refractivity contribution is -0.126. The van der Waals surface area contributed by atoms with Crippen LogP contribution in [-0.4, -0.2) is 35.4 Å². The molecular weight excluding hydrogens is 296 g/mol. The van der Waals surface area contributed by atoms with Crippen molar-refractivity contribution >= 4 is 28.7 Å². The molecule has 23 heavy (non-hydrogen) atoms. The number of carbonyl (C=O) groups is 3. The summed E-state index contributed by atoms with van der Waals surface area (Å²) in [6.45, 7) is 0.423. The molecular formula is C16H16N4O3. The Kier molecular flexibility index (Phi) is 4.18. The highest BCUT2D eigenvalue weighted by molar-refractivity contribution is 6.05. The van der Waals surface area contributed by atoms with Gasteiger partial charge in [0.05, 0.1) is 11.9 Å². The number of hydrogen-bond donors (Lipinski definition) is 3. The van der Waals surface area contributed by atoms with E-state index in [4.69, 9.17) is 0 Å². The number of benzene rings is 1. The zero-order chi connectivity index (χ0) is 16.2. The first kappa shape index (κ1) is 15.0. The van der Waals surface area contributed by atoms with Gasteiger partial charge >= 0.3 is 6.03 Å². The van der Waals surface area contributed by atoms with Crippen LogP contribution in [0, 0.1) is 0 Å². The SMILES string of the molecule is O=C(CC1NC(=O)NC1=O)NCCc1ccc2ccccc2n1. The number of para-hydroxylation sites is 1. The van der Waals surface area contributed by atoms with E-state index in [9.17, 15) is 14.4 Å². The van der Waals surface area contributed by atoms with Crippen LogP contribution in [-0.2, 0) is 16.0 Å². The summed E-state index contributed by atoms with van der Waals surface area (Å²) >= 11 is 0. The van der Waals surface area contributed by atoms with Crippen LogP contribution in [0.25, 0.3) is 10.9 Å². The van der Waals surface area contributed by atoms with Crippen molar-refractivity contribution in [3.05, 3.63) is 42.1 Å². The molecule has 1 aromatic heterocycles. The van der Waals surface area contributed by atoms with E-state index in [-0.39, 0.29) is 12.3 Å². The van der Waals surface area contributed by atoms with Gasteiger partial charge in [0.25, 0.3) is 5.91 Å². The predicted octanol–water partition coefficient (Wildman–Crippen LogP) is 0.492. The minimum Gasteiger partial charge on any atom is -0.356 e. The highest BCUT2D eigenvalue weighted by atomic mass is 16.2. The molecule has 1 atom stereocenters. The number of rotatable bonds is 5. The van der Waals surface area contributed by atoms with Crippen molar-refractivity contribution in [2.75, 3.05) is 6.54 Å². The number of urea groups is 1. The summed E-state index contributed by atoms with van der Waals surface area (Å²) in [7, 11) is 0. The maximum atomic E-state index is 11.8. The molecule has 1 aliphatic rings. The minimum atomic E-state index is -0.790. The van der Waals surface area contributed by atoms with E-state index in [0.717, 1.165) is 16.6 Å². The van der Waals surface area contributed by atoms with Crippen molar-refractivity contribution in [3.8, 4) is 0 Å². The van der Waals surface area contributed by atoms with Gasteiger partial charge in [0, 0.05) is 24.0 Å². The number of imide groups is 1. The fraction of sp³-hybridized carbons (Fsp3) is 0.250. The van der Waals surface area contributed by atoms with Crippen molar-refractivity contribution in [2.45, 2.75) is 18.9 Å². The molecule has 118 valence electrons. The monoisotopic (exact) mass is 312 g/mol. The Hall–Kier alpha value is -2.96. The van der Waals surface area contributed by atoms with Gasteiger partial charge in [-0.05, 0) is 12.1 Å². The molecule has 2 aromatic rings. The largest absolute Gasteiger partial charge is 0.356 e. The van der Waals surface area contributed by atoms with Crippen LogP contribution in [0.1, 0.15) is 12.1 Å². The number of carbonyl (C=O) groups excluding carboxylic acids is 3. The average Bonchev–Trinajstić information content (AvgIpc) is 2.84. The molecule has 1 unspecified atom stereocenters. The van der Waals surface area contributed by atoms with E-state index in [1.807, 2.05) is 36.4 Å². The molecule has 0 radical (unpaired) electrons. The molecule has 0 spiro atoms. The topological polar surface area (TPSA) is 100 Å². The van der Waals surface area contributed by atoms with Gasteiger partial charge in [0.2, 0.25) is 5.91 Å². The standard InChI is InChI=1S/C16H16N4O3/c21-14(9-13-15(22)20-16(23)19-13)17-8-7-11-6-5-10-3-1-2-4-12(10)18-11/h1-6,13H,7-9H2,(H,17,21)(H2,19,20,22,23). The Morgan fingerprint density at radius 1 is 1.17 bits per heavy atom. The first-order valence-corrected chi connectivity index (χ1v) is 7.34. The van der Waals surface area contributed by atoms with Gasteiger partial charge in [-0.25, -0.2) is 4.79 Å². The van der Waals surface area contributed by atoms with Gasteiger partial charge in [-0.3, -0.25) is 19.9 Å². The van der Waals surface area contributed by atoms with Gasteiger partial charge in [0.15, 0.2) is 0 Å². The Labute approximate surface area is 132 Å². The lowest BCUT2D eigenvalue weighted by Gasteiger charge is -2.08. The number of amides is 4. The zero-order valence-corrected chi connectivity index (χ0v) is 12.3. The van der Waals surface area contributed by atoms with Gasteiger partial charge in [0.1, 0.15) is 6.04 Å². The second-order valence-electron chi connectivity index (χ2n) is 5.31. The van der Waals surface area contributed by atoms with Crippen LogP contribution >= 0.6 is 0 Å². The molecule has 0 bridgehead atoms. The number of nitrogens with one attached hydrogen (secondary N) is 3. The van der Waals surface area contributed by atoms with Crippen LogP contribution < -0.4 is 16.0 Å². The molecule has 3 rings (SSSR count). The first-order chi connectivity index (χ1) is 11.1. The van der Waals surface area contributed by atoms with Crippen LogP contribution in [0.2, 0.25) is 0 Å². The van der Waals surface area contributed by atoms with Crippen molar-refractivity contribution < 1.29 is 14.4 Å². The van der Waals surface area contributed by atoms with E-state index in [1.165, 1.54) is 0 Å². The summed E-state index contributed by atoms with van der Waals surface area (Å²) in [5, 5.41) is 8.29. The third-order valence-corrected chi connectivity index (χ3v) is 3.61. The molecule has 1 aromatic carbocycles. The summed E-state index contributed by atoms with van der Waals surface area (Å²) in [5.74, 6) is -0.755. The van der Waals surface area contributed by atoms with Crippen molar-refractivity contribution in [2.24, 2.45) is 0 Å². The third-order valence-electron chi connectivity index (χ3n) is 3.61. The lowest BCUT2D eigenvalue weighted by Crippen LogP contribution is -2.36. The maximum absolute atomic E-state index is 11.8. The minimum absolute atomic E-state index is 0.0667. The molecule has 0 aliphatic carbocycles. The molecule has 1 aliphatic heterocycles. The molecule has 7 nitrogen and oxygen atoms in total. The quantitative estimate of drug-likeness (QED) is 0.700. The van der Waals surface area contributed by atoms with Crippen LogP contribution in [0.15, 0.2) is 36.4 Å². The number of nitrogens with zero attached hydrogens (tertiary/aromatic N) is 1. The fourth-order valence-electron chi connectivity index (χ4n) is 2.44. The smallest absolute Gasteiger partial charge is 0.322 e. The van der Waals surface area contributed by atoms with Gasteiger partial charge in [-0.2, -0.15) is 0 Å². The number of pyridine rings is 1. The van der Waals surface area contributed by atoms with Crippen LogP contribution in [0.4, 0.5) is 4.79 Å². The van der Waals surface area contributed by atoms with E-state index >= 15 is 0 Å². The van der Waals surface area contributed by atoms with Gasteiger partial charge in [-0.1, -0.05) is 24.3 Å². The summed E-state index contributed by atoms with van der Waals surface area (Å²) in [6.07, 6.45) is 0.530. The third kappa shape index (κ3) is 3.63. The van der Waals surface area contributed by atoms with Gasteiger partial charge in [-0.15, -0.1) is 0 Å². The molecule has 1 fully saturated rings. The van der Waals surface area contributed by atoms with Crippen LogP contribution in [0.3, 0.4) is 0 Å². The zero-order valence-electron chi connectivity index (χ0n) is 12.3. The molecule has 3 N–H and O–H groups in total. The number of fused-ring (bicyclic) bond motifs is 1. The Morgan fingerprint density at radius 3 is 2.78 bits per heavy atom. The normalized spacial score (nSPS) is 17.0. The highest BCUT2D eigenvalue weighted by Crippen LogP contribution is 2.11. The lowest BCUT2D eigenvalue weighted by atomic mass is 10.1. The summed E-state index contributed by atoms with van der Waals surface area (Å²) in [5.41, 5.74) is 1.80. The number of hydrogen-bond acceptors (Lipinski definition) is 4. The highest BCUT2D eigenvalue weighted by Gasteiger charge is 2.30. The van der Waals surface area contributed by atoms with Crippen molar-refractivity contribution in [1.29, 1.82) is 0 Å². The Balaban J connectivity index is 1.49. The summed E-state index contributed by atoms with van der Waals surface area (Å²) < 4.78 is 0. The fourth-order valence-corrected chi connectivity index (χ4v) is 2.44. The summed E-state index contributed by atoms with van der Waals surface area (Å²) in [4.78, 5) is 38.6. The average molecular weight is 312 g/mol. The van der Waals surface area contributed by atoms with E-state index < -0.39 is 18.0 Å². The molecule has 4 amide bonds. The second kappa shape index (κ2) is 6.43.